The number of aliphatic carboxylic acids is 1. The van der Waals surface area contributed by atoms with E-state index < -0.39 is 17.6 Å². The zero-order chi connectivity index (χ0) is 10.5. The maximum absolute atomic E-state index is 10.8. The predicted molar refractivity (Wildman–Crippen MR) is 52.4 cm³/mol. The highest BCUT2D eigenvalue weighted by molar-refractivity contribution is 5.73. The number of carbonyl (C=O) groups is 1. The van der Waals surface area contributed by atoms with Gasteiger partial charge in [0, 0.05) is 0 Å². The second-order valence-corrected chi connectivity index (χ2v) is 3.59. The van der Waals surface area contributed by atoms with E-state index in [2.05, 4.69) is 11.2 Å². The normalized spacial score (nSPS) is 13.4. The molecule has 1 unspecified atom stereocenters. The summed E-state index contributed by atoms with van der Waals surface area (Å²) in [6.07, 6.45) is 6.67. The van der Waals surface area contributed by atoms with E-state index >= 15 is 0 Å². The lowest BCUT2D eigenvalue weighted by molar-refractivity contribution is -0.140. The molecule has 2 N–H and O–H groups in total. The largest absolute Gasteiger partial charge is 0.480 e. The molecular weight excluding hydrogens is 166 g/mol. The van der Waals surface area contributed by atoms with Gasteiger partial charge in [0.05, 0.1) is 5.54 Å². The van der Waals surface area contributed by atoms with Crippen LogP contribution in [0, 0.1) is 12.3 Å². The Morgan fingerprint density at radius 3 is 2.54 bits per heavy atom. The van der Waals surface area contributed by atoms with Crippen molar-refractivity contribution in [2.45, 2.75) is 45.2 Å². The average Bonchev–Trinajstić information content (AvgIpc) is 2.03. The van der Waals surface area contributed by atoms with Gasteiger partial charge in [-0.2, -0.15) is 0 Å². The molecule has 74 valence electrons. The standard InChI is InChI=1S/C10H17NO2/c1-5-7-8(9(12)13)11-10(3,4)6-2/h2,8,11H,5,7H2,1,3-4H3,(H,12,13). The number of hydrogen-bond donors (Lipinski definition) is 2. The number of rotatable bonds is 5. The van der Waals surface area contributed by atoms with Crippen LogP contribution in [0.4, 0.5) is 0 Å². The molecule has 0 aromatic carbocycles. The van der Waals surface area contributed by atoms with Gasteiger partial charge in [0.1, 0.15) is 6.04 Å². The lowest BCUT2D eigenvalue weighted by atomic mass is 10.0. The van der Waals surface area contributed by atoms with Gasteiger partial charge in [-0.1, -0.05) is 19.3 Å². The molecule has 0 radical (unpaired) electrons. The van der Waals surface area contributed by atoms with Crippen LogP contribution in [0.1, 0.15) is 33.6 Å². The summed E-state index contributed by atoms with van der Waals surface area (Å²) in [5.41, 5.74) is -0.557. The molecule has 0 aromatic heterocycles. The molecule has 0 amide bonds. The van der Waals surface area contributed by atoms with Crippen LogP contribution in [-0.4, -0.2) is 22.7 Å². The Kier molecular flexibility index (Phi) is 4.50. The Balaban J connectivity index is 4.27. The third-order valence-corrected chi connectivity index (χ3v) is 1.77. The molecular formula is C10H17NO2. The van der Waals surface area contributed by atoms with Gasteiger partial charge in [0.25, 0.3) is 0 Å². The number of hydrogen-bond acceptors (Lipinski definition) is 2. The van der Waals surface area contributed by atoms with E-state index in [0.717, 1.165) is 6.42 Å². The Hall–Kier alpha value is -1.01. The van der Waals surface area contributed by atoms with Crippen LogP contribution in [0.3, 0.4) is 0 Å². The highest BCUT2D eigenvalue weighted by Gasteiger charge is 2.23. The van der Waals surface area contributed by atoms with Crippen molar-refractivity contribution in [1.82, 2.24) is 5.32 Å². The van der Waals surface area contributed by atoms with Gasteiger partial charge in [0.15, 0.2) is 0 Å². The quantitative estimate of drug-likeness (QED) is 0.630. The van der Waals surface area contributed by atoms with Crippen molar-refractivity contribution < 1.29 is 9.90 Å². The third-order valence-electron chi connectivity index (χ3n) is 1.77. The Labute approximate surface area is 79.5 Å². The molecule has 0 aromatic rings. The third kappa shape index (κ3) is 4.54. The molecule has 0 saturated carbocycles. The minimum atomic E-state index is -0.842. The lowest BCUT2D eigenvalue weighted by Crippen LogP contribution is -2.48. The SMILES string of the molecule is C#CC(C)(C)NC(CCC)C(=O)O. The molecule has 0 saturated heterocycles. The topological polar surface area (TPSA) is 49.3 Å². The number of nitrogens with one attached hydrogen (secondary N) is 1. The van der Waals surface area contributed by atoms with Crippen molar-refractivity contribution in [3.05, 3.63) is 0 Å². The van der Waals surface area contributed by atoms with Crippen molar-refractivity contribution >= 4 is 5.97 Å². The molecule has 0 rings (SSSR count). The van der Waals surface area contributed by atoms with E-state index in [0.29, 0.717) is 6.42 Å². The van der Waals surface area contributed by atoms with Crippen LogP contribution < -0.4 is 5.32 Å². The molecule has 3 heteroatoms. The summed E-state index contributed by atoms with van der Waals surface area (Å²) in [7, 11) is 0. The predicted octanol–water partition coefficient (Wildman–Crippen LogP) is 1.24. The number of carboxylic acid groups (broad SMARTS) is 1. The van der Waals surface area contributed by atoms with Crippen LogP contribution in [0.25, 0.3) is 0 Å². The molecule has 13 heavy (non-hydrogen) atoms. The zero-order valence-corrected chi connectivity index (χ0v) is 8.42. The van der Waals surface area contributed by atoms with E-state index in [-0.39, 0.29) is 0 Å². The van der Waals surface area contributed by atoms with Crippen molar-refractivity contribution in [3.8, 4) is 12.3 Å². The summed E-state index contributed by atoms with van der Waals surface area (Å²) < 4.78 is 0. The lowest BCUT2D eigenvalue weighted by Gasteiger charge is -2.24. The first kappa shape index (κ1) is 12.0. The fraction of sp³-hybridized carbons (Fsp3) is 0.700. The molecule has 0 spiro atoms. The van der Waals surface area contributed by atoms with Crippen LogP contribution in [0.15, 0.2) is 0 Å². The molecule has 0 aliphatic carbocycles. The minimum absolute atomic E-state index is 0.545. The summed E-state index contributed by atoms with van der Waals surface area (Å²) in [4.78, 5) is 10.8. The highest BCUT2D eigenvalue weighted by atomic mass is 16.4. The smallest absolute Gasteiger partial charge is 0.320 e. The zero-order valence-electron chi connectivity index (χ0n) is 8.42. The summed E-state index contributed by atoms with van der Waals surface area (Å²) in [5, 5.41) is 11.7. The van der Waals surface area contributed by atoms with Crippen LogP contribution >= 0.6 is 0 Å². The van der Waals surface area contributed by atoms with Crippen molar-refractivity contribution in [1.29, 1.82) is 0 Å². The second-order valence-electron chi connectivity index (χ2n) is 3.59. The first-order chi connectivity index (χ1) is 5.93. The monoisotopic (exact) mass is 183 g/mol. The summed E-state index contributed by atoms with van der Waals surface area (Å²) in [6, 6.07) is -0.545. The molecule has 0 aliphatic rings. The Bertz CT molecular complexity index is 215. The van der Waals surface area contributed by atoms with Gasteiger partial charge >= 0.3 is 5.97 Å². The maximum Gasteiger partial charge on any atom is 0.320 e. The van der Waals surface area contributed by atoms with Crippen LogP contribution in [-0.2, 0) is 4.79 Å². The van der Waals surface area contributed by atoms with Crippen molar-refractivity contribution in [2.75, 3.05) is 0 Å². The van der Waals surface area contributed by atoms with Gasteiger partial charge in [-0.15, -0.1) is 6.42 Å². The molecule has 0 heterocycles. The van der Waals surface area contributed by atoms with Gasteiger partial charge < -0.3 is 5.11 Å². The number of carboxylic acids is 1. The van der Waals surface area contributed by atoms with Crippen molar-refractivity contribution in [2.24, 2.45) is 0 Å². The van der Waals surface area contributed by atoms with Gasteiger partial charge in [-0.05, 0) is 20.3 Å². The minimum Gasteiger partial charge on any atom is -0.480 e. The second kappa shape index (κ2) is 4.88. The first-order valence-electron chi connectivity index (χ1n) is 4.41. The summed E-state index contributed by atoms with van der Waals surface area (Å²) in [5.74, 6) is 1.67. The Morgan fingerprint density at radius 2 is 2.23 bits per heavy atom. The first-order valence-corrected chi connectivity index (χ1v) is 4.41. The van der Waals surface area contributed by atoms with Crippen LogP contribution in [0.5, 0.6) is 0 Å². The highest BCUT2D eigenvalue weighted by Crippen LogP contribution is 2.05. The van der Waals surface area contributed by atoms with Crippen molar-refractivity contribution in [3.63, 3.8) is 0 Å². The average molecular weight is 183 g/mol. The Morgan fingerprint density at radius 1 is 1.69 bits per heavy atom. The molecule has 0 aliphatic heterocycles. The van der Waals surface area contributed by atoms with E-state index in [9.17, 15) is 4.79 Å². The molecule has 3 nitrogen and oxygen atoms in total. The van der Waals surface area contributed by atoms with E-state index in [1.165, 1.54) is 0 Å². The fourth-order valence-corrected chi connectivity index (χ4v) is 1.02. The van der Waals surface area contributed by atoms with E-state index in [4.69, 9.17) is 11.5 Å². The van der Waals surface area contributed by atoms with Gasteiger partial charge in [-0.25, -0.2) is 0 Å². The maximum atomic E-state index is 10.8. The fourth-order valence-electron chi connectivity index (χ4n) is 1.02. The molecule has 0 bridgehead atoms. The van der Waals surface area contributed by atoms with Crippen LogP contribution in [0.2, 0.25) is 0 Å². The summed E-state index contributed by atoms with van der Waals surface area (Å²) >= 11 is 0. The molecule has 0 fully saturated rings. The number of terminal acetylenes is 1. The van der Waals surface area contributed by atoms with Gasteiger partial charge in [0.2, 0.25) is 0 Å². The van der Waals surface area contributed by atoms with Gasteiger partial charge in [-0.3, -0.25) is 10.1 Å². The van der Waals surface area contributed by atoms with E-state index in [1.807, 2.05) is 6.92 Å². The summed E-state index contributed by atoms with van der Waals surface area (Å²) in [6.45, 7) is 5.53. The van der Waals surface area contributed by atoms with E-state index in [1.54, 1.807) is 13.8 Å². The molecule has 1 atom stereocenters.